The normalized spacial score (nSPS) is 16.9. The van der Waals surface area contributed by atoms with Crippen LogP contribution in [0, 0.1) is 5.92 Å². The molecule has 0 saturated carbocycles. The standard InChI is InChI=1S/C62H56N2/c1-6-62(5,7-2)55-31-28-43(42-27-30-51-53(35-42)50-23-16-24-52-57(39(3)4)48-21-12-13-22-49(48)59(51)60(50)52)36-54(55)61-47-20-11-9-18-41(47)32-34-64(61)38-44-37-63-33-15-14-25-56(63)58-45-19-10-8-17-40(45)26-29-46(44)58/h8-36,39,44,57,59H,6-7,37-38H2,1-5H3/q+2. The Morgan fingerprint density at radius 1 is 0.562 bits per heavy atom. The highest BCUT2D eigenvalue weighted by Gasteiger charge is 2.41. The van der Waals surface area contributed by atoms with Gasteiger partial charge < -0.3 is 0 Å². The number of aromatic nitrogens is 2. The van der Waals surface area contributed by atoms with E-state index >= 15 is 0 Å². The molecule has 1 aliphatic heterocycles. The van der Waals surface area contributed by atoms with Crippen molar-refractivity contribution in [3.05, 3.63) is 215 Å². The van der Waals surface area contributed by atoms with Crippen LogP contribution in [0.15, 0.2) is 176 Å². The van der Waals surface area contributed by atoms with Gasteiger partial charge in [-0.2, -0.15) is 9.13 Å². The van der Waals surface area contributed by atoms with E-state index in [4.69, 9.17) is 0 Å². The lowest BCUT2D eigenvalue weighted by Crippen LogP contribution is -2.48. The number of rotatable bonds is 8. The maximum atomic E-state index is 2.61. The molecule has 2 nitrogen and oxygen atoms in total. The average Bonchev–Trinajstić information content (AvgIpc) is 3.68. The highest BCUT2D eigenvalue weighted by Crippen LogP contribution is 2.57. The maximum Gasteiger partial charge on any atom is 0.220 e. The van der Waals surface area contributed by atoms with E-state index in [1.165, 1.54) is 105 Å². The molecule has 64 heavy (non-hydrogen) atoms. The molecule has 9 aromatic rings. The second-order valence-electron chi connectivity index (χ2n) is 19.5. The predicted octanol–water partition coefficient (Wildman–Crippen LogP) is 14.7. The summed E-state index contributed by atoms with van der Waals surface area (Å²) in [6.45, 7) is 13.8. The van der Waals surface area contributed by atoms with E-state index in [-0.39, 0.29) is 17.3 Å². The topological polar surface area (TPSA) is 7.76 Å². The van der Waals surface area contributed by atoms with Gasteiger partial charge in [-0.1, -0.05) is 156 Å². The third-order valence-electron chi connectivity index (χ3n) is 15.9. The number of pyridine rings is 2. The summed E-state index contributed by atoms with van der Waals surface area (Å²) in [5.74, 6) is 1.47. The Labute approximate surface area is 378 Å². The number of nitrogens with zero attached hydrogens (tertiary/aromatic N) is 2. The zero-order chi connectivity index (χ0) is 43.3. The summed E-state index contributed by atoms with van der Waals surface area (Å²) in [4.78, 5) is 0. The molecule has 312 valence electrons. The van der Waals surface area contributed by atoms with E-state index in [9.17, 15) is 0 Å². The molecule has 3 aliphatic rings. The van der Waals surface area contributed by atoms with Gasteiger partial charge in [0.15, 0.2) is 25.5 Å². The van der Waals surface area contributed by atoms with Crippen LogP contribution in [0.2, 0.25) is 0 Å². The molecular formula is C62H56N2+2. The Bertz CT molecular complexity index is 3330. The van der Waals surface area contributed by atoms with Crippen LogP contribution in [-0.2, 0) is 18.5 Å². The molecule has 3 heterocycles. The second-order valence-corrected chi connectivity index (χ2v) is 19.5. The second kappa shape index (κ2) is 15.0. The summed E-state index contributed by atoms with van der Waals surface area (Å²) in [6, 6.07) is 62.9. The van der Waals surface area contributed by atoms with Crippen LogP contribution >= 0.6 is 0 Å². The largest absolute Gasteiger partial charge is 0.220 e. The van der Waals surface area contributed by atoms with Gasteiger partial charge in [-0.05, 0) is 126 Å². The van der Waals surface area contributed by atoms with Crippen LogP contribution in [0.25, 0.3) is 66.3 Å². The summed E-state index contributed by atoms with van der Waals surface area (Å²) in [5, 5.41) is 5.20. The van der Waals surface area contributed by atoms with Gasteiger partial charge in [0.2, 0.25) is 11.4 Å². The van der Waals surface area contributed by atoms with Gasteiger partial charge in [-0.15, -0.1) is 0 Å². The maximum absolute atomic E-state index is 2.61. The third-order valence-corrected chi connectivity index (χ3v) is 15.9. The van der Waals surface area contributed by atoms with Gasteiger partial charge in [0.25, 0.3) is 0 Å². The number of hydrogen-bond donors (Lipinski definition) is 0. The third kappa shape index (κ3) is 5.84. The number of fused-ring (bicyclic) bond motifs is 11. The lowest BCUT2D eigenvalue weighted by atomic mass is 9.68. The van der Waals surface area contributed by atoms with Crippen molar-refractivity contribution in [2.24, 2.45) is 5.92 Å². The highest BCUT2D eigenvalue weighted by molar-refractivity contribution is 5.98. The van der Waals surface area contributed by atoms with Crippen molar-refractivity contribution in [3.63, 3.8) is 0 Å². The van der Waals surface area contributed by atoms with Gasteiger partial charge >= 0.3 is 0 Å². The zero-order valence-electron chi connectivity index (χ0n) is 37.8. The molecule has 0 spiro atoms. The molecule has 3 unspecified atom stereocenters. The van der Waals surface area contributed by atoms with Gasteiger partial charge in [0.05, 0.1) is 16.5 Å². The molecule has 0 amide bonds. The van der Waals surface area contributed by atoms with Crippen LogP contribution < -0.4 is 9.13 Å². The summed E-state index contributed by atoms with van der Waals surface area (Å²) >= 11 is 0. The molecular weight excluding hydrogens is 773 g/mol. The van der Waals surface area contributed by atoms with E-state index in [2.05, 4.69) is 220 Å². The SMILES string of the molecule is CCC(C)(CC)c1ccc(-c2ccc3c(c2)-c2cccc4c2C3c2ccccc2C4C(C)C)cc1-c1c2ccccc2cc[n+]1CC1C[n+]2ccccc2-c2c1ccc1ccccc21. The predicted molar refractivity (Wildman–Crippen MR) is 265 cm³/mol. The quantitative estimate of drug-likeness (QED) is 0.135. The van der Waals surface area contributed by atoms with Crippen molar-refractivity contribution in [2.75, 3.05) is 0 Å². The minimum Gasteiger partial charge on any atom is -0.197 e. The Hall–Kier alpha value is -6.64. The van der Waals surface area contributed by atoms with E-state index < -0.39 is 0 Å². The highest BCUT2D eigenvalue weighted by atomic mass is 15.0. The van der Waals surface area contributed by atoms with Crippen molar-refractivity contribution in [1.82, 2.24) is 0 Å². The Morgan fingerprint density at radius 2 is 1.23 bits per heavy atom. The molecule has 0 N–H and O–H groups in total. The molecule has 7 aromatic carbocycles. The lowest BCUT2D eigenvalue weighted by Gasteiger charge is -2.35. The van der Waals surface area contributed by atoms with Gasteiger partial charge in [0, 0.05) is 30.0 Å². The zero-order valence-corrected chi connectivity index (χ0v) is 37.8. The Balaban J connectivity index is 1.04. The van der Waals surface area contributed by atoms with E-state index in [1.54, 1.807) is 0 Å². The molecule has 12 rings (SSSR count). The molecule has 0 saturated heterocycles. The first-order valence-electron chi connectivity index (χ1n) is 23.8. The molecule has 2 heteroatoms. The minimum absolute atomic E-state index is 0.00385. The van der Waals surface area contributed by atoms with Crippen LogP contribution in [0.5, 0.6) is 0 Å². The molecule has 0 fully saturated rings. The van der Waals surface area contributed by atoms with Crippen LogP contribution in [0.1, 0.15) is 104 Å². The van der Waals surface area contributed by atoms with E-state index in [0.29, 0.717) is 11.8 Å². The van der Waals surface area contributed by atoms with Gasteiger partial charge in [0.1, 0.15) is 5.92 Å². The van der Waals surface area contributed by atoms with E-state index in [1.807, 2.05) is 0 Å². The van der Waals surface area contributed by atoms with Crippen LogP contribution in [-0.4, -0.2) is 0 Å². The van der Waals surface area contributed by atoms with Gasteiger partial charge in [-0.3, -0.25) is 0 Å². The van der Waals surface area contributed by atoms with Crippen molar-refractivity contribution < 1.29 is 9.13 Å². The molecule has 0 bridgehead atoms. The smallest absolute Gasteiger partial charge is 0.197 e. The first-order valence-corrected chi connectivity index (χ1v) is 23.8. The van der Waals surface area contributed by atoms with E-state index in [0.717, 1.165) is 25.9 Å². The monoisotopic (exact) mass is 828 g/mol. The fourth-order valence-electron chi connectivity index (χ4n) is 12.3. The van der Waals surface area contributed by atoms with Crippen molar-refractivity contribution >= 4 is 21.5 Å². The Morgan fingerprint density at radius 3 is 2.03 bits per heavy atom. The van der Waals surface area contributed by atoms with Crippen molar-refractivity contribution in [3.8, 4) is 44.8 Å². The number of benzene rings is 7. The first-order chi connectivity index (χ1) is 31.3. The summed E-state index contributed by atoms with van der Waals surface area (Å²) in [6.07, 6.45) is 6.78. The van der Waals surface area contributed by atoms with Crippen molar-refractivity contribution in [1.29, 1.82) is 0 Å². The number of hydrogen-bond acceptors (Lipinski definition) is 0. The minimum atomic E-state index is 0.00385. The van der Waals surface area contributed by atoms with Gasteiger partial charge in [-0.25, -0.2) is 0 Å². The Kier molecular flexibility index (Phi) is 9.13. The summed E-state index contributed by atoms with van der Waals surface area (Å²) in [5.41, 5.74) is 21.0. The summed E-state index contributed by atoms with van der Waals surface area (Å²) in [7, 11) is 0. The fourth-order valence-corrected chi connectivity index (χ4v) is 12.3. The molecule has 3 atom stereocenters. The molecule has 2 aromatic heterocycles. The summed E-state index contributed by atoms with van der Waals surface area (Å²) < 4.78 is 5.10. The first kappa shape index (κ1) is 39.0. The molecule has 0 radical (unpaired) electrons. The molecule has 2 aliphatic carbocycles. The fraction of sp³-hybridized carbons (Fsp3) is 0.226. The average molecular weight is 829 g/mol. The van der Waals surface area contributed by atoms with Crippen LogP contribution in [0.3, 0.4) is 0 Å². The van der Waals surface area contributed by atoms with Crippen LogP contribution in [0.4, 0.5) is 0 Å². The van der Waals surface area contributed by atoms with Crippen molar-refractivity contribution in [2.45, 2.75) is 83.7 Å². The lowest BCUT2D eigenvalue weighted by molar-refractivity contribution is -0.722.